The average molecular weight is 345 g/mol. The molecule has 0 aliphatic carbocycles. The van der Waals surface area contributed by atoms with Gasteiger partial charge >= 0.3 is 5.97 Å². The van der Waals surface area contributed by atoms with Gasteiger partial charge in [0.25, 0.3) is 5.91 Å². The molecule has 0 aliphatic rings. The van der Waals surface area contributed by atoms with Gasteiger partial charge in [0.1, 0.15) is 5.82 Å². The predicted molar refractivity (Wildman–Crippen MR) is 91.0 cm³/mol. The van der Waals surface area contributed by atoms with Gasteiger partial charge < -0.3 is 14.7 Å². The Labute approximate surface area is 145 Å². The Morgan fingerprint density at radius 2 is 1.84 bits per heavy atom. The summed E-state index contributed by atoms with van der Waals surface area (Å²) in [6.45, 7) is 2.13. The van der Waals surface area contributed by atoms with Gasteiger partial charge in [0.2, 0.25) is 0 Å². The van der Waals surface area contributed by atoms with Crippen molar-refractivity contribution in [3.8, 4) is 0 Å². The van der Waals surface area contributed by atoms with Crippen molar-refractivity contribution in [1.29, 1.82) is 0 Å². The van der Waals surface area contributed by atoms with Crippen LogP contribution in [0.2, 0.25) is 0 Å². The molecule has 25 heavy (non-hydrogen) atoms. The summed E-state index contributed by atoms with van der Waals surface area (Å²) in [5.41, 5.74) is 0.642. The van der Waals surface area contributed by atoms with Crippen molar-refractivity contribution in [3.05, 3.63) is 71.0 Å². The first kappa shape index (κ1) is 18.6. The largest absolute Gasteiger partial charge is 0.478 e. The molecular weight excluding hydrogens is 325 g/mol. The van der Waals surface area contributed by atoms with E-state index in [0.717, 1.165) is 0 Å². The molecule has 0 aliphatic heterocycles. The lowest BCUT2D eigenvalue weighted by Gasteiger charge is -2.29. The molecule has 0 saturated heterocycles. The first-order valence-electron chi connectivity index (χ1n) is 7.80. The maximum Gasteiger partial charge on any atom is 0.335 e. The Balaban J connectivity index is 2.34. The minimum Gasteiger partial charge on any atom is -0.478 e. The number of hydrogen-bond acceptors (Lipinski definition) is 3. The number of aromatic carboxylic acids is 1. The second kappa shape index (κ2) is 8.39. The molecule has 0 bridgehead atoms. The summed E-state index contributed by atoms with van der Waals surface area (Å²) in [7, 11) is 1.52. The molecule has 1 N–H and O–H groups in total. The number of carboxylic acid groups (broad SMARTS) is 1. The SMILES string of the molecule is COCC(C)N(Cc1ccccc1F)C(=O)c1cccc(C(=O)O)c1. The molecule has 0 spiro atoms. The zero-order valence-corrected chi connectivity index (χ0v) is 14.1. The highest BCUT2D eigenvalue weighted by Crippen LogP contribution is 2.17. The molecular formula is C19H20FNO4. The van der Waals surface area contributed by atoms with Crippen LogP contribution >= 0.6 is 0 Å². The number of carboxylic acids is 1. The number of carbonyl (C=O) groups is 2. The molecule has 1 atom stereocenters. The summed E-state index contributed by atoms with van der Waals surface area (Å²) in [5.74, 6) is -1.89. The average Bonchev–Trinajstić information content (AvgIpc) is 2.60. The number of methoxy groups -OCH3 is 1. The Morgan fingerprint density at radius 1 is 1.16 bits per heavy atom. The molecule has 2 aromatic carbocycles. The Morgan fingerprint density at radius 3 is 2.48 bits per heavy atom. The van der Waals surface area contributed by atoms with Crippen LogP contribution in [-0.2, 0) is 11.3 Å². The van der Waals surface area contributed by atoms with E-state index in [2.05, 4.69) is 0 Å². The summed E-state index contributed by atoms with van der Waals surface area (Å²) >= 11 is 0. The van der Waals surface area contributed by atoms with Gasteiger partial charge in [-0.05, 0) is 31.2 Å². The van der Waals surface area contributed by atoms with E-state index in [0.29, 0.717) is 5.56 Å². The van der Waals surface area contributed by atoms with Gasteiger partial charge in [0, 0.05) is 24.8 Å². The van der Waals surface area contributed by atoms with Crippen molar-refractivity contribution in [2.24, 2.45) is 0 Å². The number of nitrogens with zero attached hydrogens (tertiary/aromatic N) is 1. The zero-order chi connectivity index (χ0) is 18.4. The second-order valence-electron chi connectivity index (χ2n) is 5.71. The van der Waals surface area contributed by atoms with Crippen LogP contribution in [0.5, 0.6) is 0 Å². The van der Waals surface area contributed by atoms with Crippen molar-refractivity contribution < 1.29 is 23.8 Å². The summed E-state index contributed by atoms with van der Waals surface area (Å²) in [5, 5.41) is 9.10. The molecule has 2 aromatic rings. The Hall–Kier alpha value is -2.73. The zero-order valence-electron chi connectivity index (χ0n) is 14.1. The maximum atomic E-state index is 14.0. The molecule has 132 valence electrons. The van der Waals surface area contributed by atoms with Crippen LogP contribution in [0.3, 0.4) is 0 Å². The number of benzene rings is 2. The lowest BCUT2D eigenvalue weighted by molar-refractivity contribution is 0.0539. The van der Waals surface area contributed by atoms with Gasteiger partial charge in [0.15, 0.2) is 0 Å². The molecule has 0 saturated carbocycles. The molecule has 0 fully saturated rings. The van der Waals surface area contributed by atoms with Gasteiger partial charge in [-0.3, -0.25) is 4.79 Å². The fraction of sp³-hybridized carbons (Fsp3) is 0.263. The second-order valence-corrected chi connectivity index (χ2v) is 5.71. The number of amides is 1. The van der Waals surface area contributed by atoms with E-state index in [-0.39, 0.29) is 36.2 Å². The first-order chi connectivity index (χ1) is 11.9. The van der Waals surface area contributed by atoms with Crippen molar-refractivity contribution in [1.82, 2.24) is 4.90 Å². The van der Waals surface area contributed by atoms with Crippen LogP contribution in [0.25, 0.3) is 0 Å². The summed E-state index contributed by atoms with van der Waals surface area (Å²) < 4.78 is 19.1. The van der Waals surface area contributed by atoms with Crippen molar-refractivity contribution >= 4 is 11.9 Å². The minimum absolute atomic E-state index is 0.0242. The van der Waals surface area contributed by atoms with Crippen molar-refractivity contribution in [3.63, 3.8) is 0 Å². The van der Waals surface area contributed by atoms with Crippen LogP contribution in [-0.4, -0.2) is 41.6 Å². The minimum atomic E-state index is -1.11. The molecule has 1 unspecified atom stereocenters. The van der Waals surface area contributed by atoms with Gasteiger partial charge in [-0.2, -0.15) is 0 Å². The molecule has 0 radical (unpaired) electrons. The summed E-state index contributed by atoms with van der Waals surface area (Å²) in [6.07, 6.45) is 0. The Kier molecular flexibility index (Phi) is 6.25. The van der Waals surface area contributed by atoms with Crippen LogP contribution in [0.4, 0.5) is 4.39 Å². The topological polar surface area (TPSA) is 66.8 Å². The fourth-order valence-corrected chi connectivity index (χ4v) is 2.52. The highest BCUT2D eigenvalue weighted by molar-refractivity contribution is 5.97. The van der Waals surface area contributed by atoms with E-state index < -0.39 is 11.8 Å². The van der Waals surface area contributed by atoms with E-state index in [1.54, 1.807) is 31.2 Å². The van der Waals surface area contributed by atoms with E-state index >= 15 is 0 Å². The number of hydrogen-bond donors (Lipinski definition) is 1. The molecule has 6 heteroatoms. The summed E-state index contributed by atoms with van der Waals surface area (Å²) in [4.78, 5) is 25.5. The standard InChI is InChI=1S/C19H20FNO4/c1-13(12-25-2)21(11-16-6-3-4-9-17(16)20)18(22)14-7-5-8-15(10-14)19(23)24/h3-10,13H,11-12H2,1-2H3,(H,23,24). The normalized spacial score (nSPS) is 11.8. The molecule has 2 rings (SSSR count). The fourth-order valence-electron chi connectivity index (χ4n) is 2.52. The van der Waals surface area contributed by atoms with Crippen LogP contribution in [0.1, 0.15) is 33.2 Å². The van der Waals surface area contributed by atoms with Gasteiger partial charge in [-0.15, -0.1) is 0 Å². The predicted octanol–water partition coefficient (Wildman–Crippen LogP) is 3.20. The molecule has 5 nitrogen and oxygen atoms in total. The number of carbonyl (C=O) groups excluding carboxylic acids is 1. The molecule has 0 heterocycles. The highest BCUT2D eigenvalue weighted by Gasteiger charge is 2.23. The summed E-state index contributed by atoms with van der Waals surface area (Å²) in [6, 6.07) is 11.7. The maximum absolute atomic E-state index is 14.0. The molecule has 0 aromatic heterocycles. The lowest BCUT2D eigenvalue weighted by Crippen LogP contribution is -2.40. The van der Waals surface area contributed by atoms with Gasteiger partial charge in [-0.25, -0.2) is 9.18 Å². The highest BCUT2D eigenvalue weighted by atomic mass is 19.1. The third kappa shape index (κ3) is 4.64. The van der Waals surface area contributed by atoms with Crippen LogP contribution in [0.15, 0.2) is 48.5 Å². The van der Waals surface area contributed by atoms with E-state index in [1.165, 1.54) is 36.3 Å². The van der Waals surface area contributed by atoms with Crippen molar-refractivity contribution in [2.45, 2.75) is 19.5 Å². The van der Waals surface area contributed by atoms with E-state index in [1.807, 2.05) is 0 Å². The van der Waals surface area contributed by atoms with E-state index in [9.17, 15) is 14.0 Å². The van der Waals surface area contributed by atoms with Gasteiger partial charge in [0.05, 0.1) is 18.2 Å². The number of halogens is 1. The van der Waals surface area contributed by atoms with Crippen LogP contribution < -0.4 is 0 Å². The third-order valence-corrected chi connectivity index (χ3v) is 3.86. The Bertz CT molecular complexity index is 763. The van der Waals surface area contributed by atoms with Crippen molar-refractivity contribution in [2.75, 3.05) is 13.7 Å². The molecule has 1 amide bonds. The van der Waals surface area contributed by atoms with E-state index in [4.69, 9.17) is 9.84 Å². The number of rotatable bonds is 7. The quantitative estimate of drug-likeness (QED) is 0.837. The smallest absolute Gasteiger partial charge is 0.335 e. The lowest BCUT2D eigenvalue weighted by atomic mass is 10.1. The third-order valence-electron chi connectivity index (χ3n) is 3.86. The van der Waals surface area contributed by atoms with Crippen LogP contribution in [0, 0.1) is 5.82 Å². The van der Waals surface area contributed by atoms with Gasteiger partial charge in [-0.1, -0.05) is 24.3 Å². The first-order valence-corrected chi connectivity index (χ1v) is 7.80. The monoisotopic (exact) mass is 345 g/mol. The number of ether oxygens (including phenoxy) is 1.